The standard InChI is InChI=1S/C15H19F3N2/c16-15(17,18)12-4-6-13(7-5-12)20-10-9-19-8-2-1-3-14(19)11-20/h4-7,14H,1-3,8-11H2. The molecular weight excluding hydrogens is 265 g/mol. The van der Waals surface area contributed by atoms with Crippen molar-refractivity contribution < 1.29 is 13.2 Å². The van der Waals surface area contributed by atoms with Crippen molar-refractivity contribution >= 4 is 5.69 Å². The van der Waals surface area contributed by atoms with Crippen LogP contribution in [-0.2, 0) is 6.18 Å². The molecule has 3 rings (SSSR count). The molecule has 2 aliphatic rings. The first-order valence-electron chi connectivity index (χ1n) is 7.20. The third-order valence-corrected chi connectivity index (χ3v) is 4.40. The van der Waals surface area contributed by atoms with Crippen LogP contribution in [-0.4, -0.2) is 37.1 Å². The minimum Gasteiger partial charge on any atom is -0.369 e. The summed E-state index contributed by atoms with van der Waals surface area (Å²) in [6.45, 7) is 4.03. The Balaban J connectivity index is 1.70. The molecule has 0 radical (unpaired) electrons. The Morgan fingerprint density at radius 2 is 1.70 bits per heavy atom. The van der Waals surface area contributed by atoms with Crippen LogP contribution in [0.4, 0.5) is 18.9 Å². The lowest BCUT2D eigenvalue weighted by Gasteiger charge is -2.45. The van der Waals surface area contributed by atoms with Crippen LogP contribution in [0.5, 0.6) is 0 Å². The van der Waals surface area contributed by atoms with Crippen LogP contribution in [0.1, 0.15) is 24.8 Å². The van der Waals surface area contributed by atoms with Gasteiger partial charge in [0.1, 0.15) is 0 Å². The SMILES string of the molecule is FC(F)(F)c1ccc(N2CCN3CCCCC3C2)cc1. The van der Waals surface area contributed by atoms with Gasteiger partial charge in [0.2, 0.25) is 0 Å². The zero-order valence-corrected chi connectivity index (χ0v) is 11.4. The van der Waals surface area contributed by atoms with Crippen molar-refractivity contribution in [2.45, 2.75) is 31.5 Å². The lowest BCUT2D eigenvalue weighted by atomic mass is 9.99. The third kappa shape index (κ3) is 2.77. The van der Waals surface area contributed by atoms with Crippen molar-refractivity contribution in [3.05, 3.63) is 29.8 Å². The number of nitrogens with zero attached hydrogens (tertiary/aromatic N) is 2. The van der Waals surface area contributed by atoms with E-state index in [0.717, 1.165) is 25.3 Å². The summed E-state index contributed by atoms with van der Waals surface area (Å²) in [5.41, 5.74) is 0.334. The van der Waals surface area contributed by atoms with E-state index in [9.17, 15) is 13.2 Å². The fourth-order valence-corrected chi connectivity index (χ4v) is 3.25. The molecule has 2 saturated heterocycles. The number of anilines is 1. The monoisotopic (exact) mass is 284 g/mol. The second-order valence-electron chi connectivity index (χ2n) is 5.68. The summed E-state index contributed by atoms with van der Waals surface area (Å²) in [6.07, 6.45) is -0.503. The van der Waals surface area contributed by atoms with Gasteiger partial charge >= 0.3 is 6.18 Å². The second kappa shape index (κ2) is 5.28. The van der Waals surface area contributed by atoms with Gasteiger partial charge < -0.3 is 4.90 Å². The van der Waals surface area contributed by atoms with Crippen molar-refractivity contribution in [3.8, 4) is 0 Å². The molecule has 0 saturated carbocycles. The van der Waals surface area contributed by atoms with E-state index in [1.54, 1.807) is 12.1 Å². The molecule has 1 aromatic rings. The van der Waals surface area contributed by atoms with Gasteiger partial charge in [-0.15, -0.1) is 0 Å². The summed E-state index contributed by atoms with van der Waals surface area (Å²) in [4.78, 5) is 4.73. The highest BCUT2D eigenvalue weighted by Gasteiger charge is 2.31. The fourth-order valence-electron chi connectivity index (χ4n) is 3.25. The highest BCUT2D eigenvalue weighted by atomic mass is 19.4. The number of piperidine rings is 1. The number of benzene rings is 1. The highest BCUT2D eigenvalue weighted by Crippen LogP contribution is 2.31. The van der Waals surface area contributed by atoms with Crippen LogP contribution in [0.2, 0.25) is 0 Å². The molecule has 0 amide bonds. The van der Waals surface area contributed by atoms with E-state index in [1.807, 2.05) is 0 Å². The molecule has 2 fully saturated rings. The Labute approximate surface area is 117 Å². The summed E-state index contributed by atoms with van der Waals surface area (Å²) in [5.74, 6) is 0. The van der Waals surface area contributed by atoms with E-state index < -0.39 is 11.7 Å². The van der Waals surface area contributed by atoms with Gasteiger partial charge in [-0.1, -0.05) is 6.42 Å². The Hall–Kier alpha value is -1.23. The molecule has 5 heteroatoms. The Morgan fingerprint density at radius 1 is 0.950 bits per heavy atom. The molecule has 0 aromatic heterocycles. The van der Waals surface area contributed by atoms with Crippen molar-refractivity contribution in [1.82, 2.24) is 4.90 Å². The number of hydrogen-bond acceptors (Lipinski definition) is 2. The number of piperazine rings is 1. The van der Waals surface area contributed by atoms with E-state index in [4.69, 9.17) is 0 Å². The maximum atomic E-state index is 12.6. The summed E-state index contributed by atoms with van der Waals surface area (Å²) in [5, 5.41) is 0. The Kier molecular flexibility index (Phi) is 3.63. The predicted molar refractivity (Wildman–Crippen MR) is 72.9 cm³/mol. The first-order valence-corrected chi connectivity index (χ1v) is 7.20. The summed E-state index contributed by atoms with van der Waals surface area (Å²) in [6, 6.07) is 6.13. The third-order valence-electron chi connectivity index (χ3n) is 4.40. The predicted octanol–water partition coefficient (Wildman–Crippen LogP) is 3.38. The van der Waals surface area contributed by atoms with Gasteiger partial charge in [0.25, 0.3) is 0 Å². The maximum absolute atomic E-state index is 12.6. The van der Waals surface area contributed by atoms with Crippen molar-refractivity contribution in [3.63, 3.8) is 0 Å². The average molecular weight is 284 g/mol. The molecule has 0 N–H and O–H groups in total. The van der Waals surface area contributed by atoms with E-state index in [2.05, 4.69) is 9.80 Å². The first kappa shape index (κ1) is 13.7. The molecule has 1 atom stereocenters. The van der Waals surface area contributed by atoms with Crippen LogP contribution < -0.4 is 4.90 Å². The number of alkyl halides is 3. The molecule has 0 bridgehead atoms. The van der Waals surface area contributed by atoms with Crippen LogP contribution in [0.15, 0.2) is 24.3 Å². The van der Waals surface area contributed by atoms with Crippen molar-refractivity contribution in [2.75, 3.05) is 31.1 Å². The van der Waals surface area contributed by atoms with Gasteiger partial charge in [-0.3, -0.25) is 4.90 Å². The largest absolute Gasteiger partial charge is 0.416 e. The first-order chi connectivity index (χ1) is 9.54. The topological polar surface area (TPSA) is 6.48 Å². The minimum atomic E-state index is -4.25. The number of halogens is 3. The zero-order chi connectivity index (χ0) is 14.2. The summed E-state index contributed by atoms with van der Waals surface area (Å²) < 4.78 is 37.7. The minimum absolute atomic E-state index is 0.569. The number of rotatable bonds is 1. The van der Waals surface area contributed by atoms with Crippen molar-refractivity contribution in [1.29, 1.82) is 0 Å². The van der Waals surface area contributed by atoms with Crippen LogP contribution in [0.25, 0.3) is 0 Å². The van der Waals surface area contributed by atoms with E-state index in [-0.39, 0.29) is 0 Å². The lowest BCUT2D eigenvalue weighted by Crippen LogP contribution is -2.54. The van der Waals surface area contributed by atoms with Crippen LogP contribution in [0, 0.1) is 0 Å². The van der Waals surface area contributed by atoms with E-state index in [0.29, 0.717) is 6.04 Å². The molecule has 1 aromatic carbocycles. The molecule has 0 aliphatic carbocycles. The van der Waals surface area contributed by atoms with E-state index in [1.165, 1.54) is 37.9 Å². The Bertz CT molecular complexity index is 455. The molecule has 2 nitrogen and oxygen atoms in total. The van der Waals surface area contributed by atoms with Gasteiger partial charge in [0.15, 0.2) is 0 Å². The Morgan fingerprint density at radius 3 is 2.40 bits per heavy atom. The smallest absolute Gasteiger partial charge is 0.369 e. The van der Waals surface area contributed by atoms with Gasteiger partial charge in [-0.25, -0.2) is 0 Å². The normalized spacial score (nSPS) is 24.6. The molecule has 2 aliphatic heterocycles. The fraction of sp³-hybridized carbons (Fsp3) is 0.600. The van der Waals surface area contributed by atoms with Crippen molar-refractivity contribution in [2.24, 2.45) is 0 Å². The quantitative estimate of drug-likeness (QED) is 0.780. The molecule has 2 heterocycles. The summed E-state index contributed by atoms with van der Waals surface area (Å²) in [7, 11) is 0. The highest BCUT2D eigenvalue weighted by molar-refractivity contribution is 5.48. The van der Waals surface area contributed by atoms with Gasteiger partial charge in [0, 0.05) is 31.4 Å². The van der Waals surface area contributed by atoms with Crippen LogP contribution in [0.3, 0.4) is 0 Å². The molecule has 110 valence electrons. The van der Waals surface area contributed by atoms with Crippen LogP contribution >= 0.6 is 0 Å². The number of fused-ring (bicyclic) bond motifs is 1. The number of hydrogen-bond donors (Lipinski definition) is 0. The van der Waals surface area contributed by atoms with E-state index >= 15 is 0 Å². The second-order valence-corrected chi connectivity index (χ2v) is 5.68. The summed E-state index contributed by atoms with van der Waals surface area (Å²) >= 11 is 0. The van der Waals surface area contributed by atoms with Gasteiger partial charge in [0.05, 0.1) is 5.56 Å². The van der Waals surface area contributed by atoms with Gasteiger partial charge in [-0.05, 0) is 43.7 Å². The molecule has 0 spiro atoms. The zero-order valence-electron chi connectivity index (χ0n) is 11.4. The average Bonchev–Trinajstić information content (AvgIpc) is 2.46. The molecule has 1 unspecified atom stereocenters. The molecule has 20 heavy (non-hydrogen) atoms. The lowest BCUT2D eigenvalue weighted by molar-refractivity contribution is -0.137. The molecular formula is C15H19F3N2. The maximum Gasteiger partial charge on any atom is 0.416 e. The van der Waals surface area contributed by atoms with Gasteiger partial charge in [-0.2, -0.15) is 13.2 Å².